The Bertz CT molecular complexity index is 275. The van der Waals surface area contributed by atoms with Gasteiger partial charge >= 0.3 is 5.97 Å². The summed E-state index contributed by atoms with van der Waals surface area (Å²) in [6.07, 6.45) is 1.40. The first-order chi connectivity index (χ1) is 8.30. The molecule has 0 aromatic rings. The Hall–Kier alpha value is -0.650. The largest absolute Gasteiger partial charge is 0.460 e. The number of hydrogen-bond acceptors (Lipinski definition) is 5. The van der Waals surface area contributed by atoms with E-state index in [2.05, 4.69) is 0 Å². The molecule has 0 radical (unpaired) electrons. The van der Waals surface area contributed by atoms with Crippen molar-refractivity contribution < 1.29 is 19.0 Å². The predicted octanol–water partition coefficient (Wildman–Crippen LogP) is 1.59. The molecule has 2 N–H and O–H groups in total. The van der Waals surface area contributed by atoms with E-state index >= 15 is 0 Å². The Morgan fingerprint density at radius 1 is 1.33 bits per heavy atom. The Kier molecular flexibility index (Phi) is 5.56. The molecule has 3 atom stereocenters. The van der Waals surface area contributed by atoms with E-state index in [9.17, 15) is 4.79 Å². The summed E-state index contributed by atoms with van der Waals surface area (Å²) < 4.78 is 16.5. The Balaban J connectivity index is 2.43. The number of carbonyl (C=O) groups is 1. The van der Waals surface area contributed by atoms with Crippen LogP contribution < -0.4 is 5.73 Å². The van der Waals surface area contributed by atoms with Crippen molar-refractivity contribution in [2.45, 2.75) is 71.1 Å². The van der Waals surface area contributed by atoms with Crippen LogP contribution in [-0.2, 0) is 19.0 Å². The molecule has 106 valence electrons. The van der Waals surface area contributed by atoms with E-state index in [0.717, 1.165) is 6.42 Å². The molecule has 0 aromatic heterocycles. The molecule has 0 aliphatic carbocycles. The van der Waals surface area contributed by atoms with Crippen molar-refractivity contribution >= 4 is 5.97 Å². The summed E-state index contributed by atoms with van der Waals surface area (Å²) in [4.78, 5) is 11.7. The molecule has 1 rings (SSSR count). The van der Waals surface area contributed by atoms with Crippen LogP contribution in [0.1, 0.15) is 47.0 Å². The minimum absolute atomic E-state index is 0.0752. The number of carbonyl (C=O) groups excluding carboxylic acids is 1. The third kappa shape index (κ3) is 5.80. The third-order valence-electron chi connectivity index (χ3n) is 2.60. The first-order valence-electron chi connectivity index (χ1n) is 6.53. The zero-order chi connectivity index (χ0) is 13.8. The van der Waals surface area contributed by atoms with Crippen LogP contribution >= 0.6 is 0 Å². The highest BCUT2D eigenvalue weighted by atomic mass is 16.7. The number of nitrogens with two attached hydrogens (primary N) is 1. The fraction of sp³-hybridized carbons (Fsp3) is 0.923. The van der Waals surface area contributed by atoms with Gasteiger partial charge in [-0.15, -0.1) is 0 Å². The molecule has 5 heteroatoms. The highest BCUT2D eigenvalue weighted by Crippen LogP contribution is 2.23. The summed E-state index contributed by atoms with van der Waals surface area (Å²) in [7, 11) is 0. The van der Waals surface area contributed by atoms with Gasteiger partial charge in [0.2, 0.25) is 0 Å². The van der Waals surface area contributed by atoms with Crippen molar-refractivity contribution in [2.24, 2.45) is 5.73 Å². The standard InChI is InChI=1S/C13H25NO4/c1-9-16-10(5-6-14)7-11(17-9)8-12(15)18-13(2,3)4/h9-11H,5-8,14H2,1-4H3/t9-,10-,11-/m1/s1. The van der Waals surface area contributed by atoms with Crippen molar-refractivity contribution in [3.05, 3.63) is 0 Å². The summed E-state index contributed by atoms with van der Waals surface area (Å²) >= 11 is 0. The Morgan fingerprint density at radius 2 is 1.94 bits per heavy atom. The van der Waals surface area contributed by atoms with Gasteiger partial charge in [0, 0.05) is 6.42 Å². The molecule has 0 aromatic carbocycles. The van der Waals surface area contributed by atoms with Gasteiger partial charge in [-0.3, -0.25) is 4.79 Å². The number of rotatable bonds is 4. The maximum absolute atomic E-state index is 11.7. The van der Waals surface area contributed by atoms with Gasteiger partial charge in [0.25, 0.3) is 0 Å². The summed E-state index contributed by atoms with van der Waals surface area (Å²) in [6.45, 7) is 7.99. The number of esters is 1. The molecule has 0 spiro atoms. The Labute approximate surface area is 109 Å². The smallest absolute Gasteiger partial charge is 0.308 e. The van der Waals surface area contributed by atoms with Crippen molar-refractivity contribution in [1.82, 2.24) is 0 Å². The molecule has 1 aliphatic heterocycles. The van der Waals surface area contributed by atoms with E-state index in [-0.39, 0.29) is 30.9 Å². The Morgan fingerprint density at radius 3 is 2.50 bits per heavy atom. The maximum atomic E-state index is 11.7. The van der Waals surface area contributed by atoms with E-state index in [1.165, 1.54) is 0 Å². The van der Waals surface area contributed by atoms with Crippen molar-refractivity contribution in [2.75, 3.05) is 6.54 Å². The average Bonchev–Trinajstić information content (AvgIpc) is 2.12. The summed E-state index contributed by atoms with van der Waals surface area (Å²) in [6, 6.07) is 0. The van der Waals surface area contributed by atoms with Crippen LogP contribution in [0.25, 0.3) is 0 Å². The summed E-state index contributed by atoms with van der Waals surface area (Å²) in [5.41, 5.74) is 5.07. The molecule has 1 heterocycles. The van der Waals surface area contributed by atoms with Gasteiger partial charge in [0.15, 0.2) is 6.29 Å². The van der Waals surface area contributed by atoms with E-state index < -0.39 is 5.60 Å². The SMILES string of the molecule is C[C@@H]1O[C@H](CCN)C[C@H](CC(=O)OC(C)(C)C)O1. The monoisotopic (exact) mass is 259 g/mol. The molecule has 0 bridgehead atoms. The van der Waals surface area contributed by atoms with Crippen LogP contribution in [0.15, 0.2) is 0 Å². The number of hydrogen-bond donors (Lipinski definition) is 1. The molecule has 0 unspecified atom stereocenters. The lowest BCUT2D eigenvalue weighted by Crippen LogP contribution is -2.39. The van der Waals surface area contributed by atoms with Crippen LogP contribution in [-0.4, -0.2) is 36.6 Å². The van der Waals surface area contributed by atoms with E-state index in [4.69, 9.17) is 19.9 Å². The normalized spacial score (nSPS) is 29.1. The average molecular weight is 259 g/mol. The lowest BCUT2D eigenvalue weighted by molar-refractivity contribution is -0.236. The second-order valence-electron chi connectivity index (χ2n) is 5.69. The zero-order valence-corrected chi connectivity index (χ0v) is 11.8. The molecule has 1 aliphatic rings. The molecule has 1 fully saturated rings. The molecule has 0 amide bonds. The highest BCUT2D eigenvalue weighted by molar-refractivity contribution is 5.70. The molecule has 1 saturated heterocycles. The van der Waals surface area contributed by atoms with Gasteiger partial charge in [-0.05, 0) is 40.7 Å². The first-order valence-corrected chi connectivity index (χ1v) is 6.53. The molecular weight excluding hydrogens is 234 g/mol. The quantitative estimate of drug-likeness (QED) is 0.776. The van der Waals surface area contributed by atoms with Crippen molar-refractivity contribution in [3.63, 3.8) is 0 Å². The summed E-state index contributed by atoms with van der Waals surface area (Å²) in [5.74, 6) is -0.229. The second kappa shape index (κ2) is 6.50. The van der Waals surface area contributed by atoms with Gasteiger partial charge in [0.05, 0.1) is 18.6 Å². The predicted molar refractivity (Wildman–Crippen MR) is 68.0 cm³/mol. The van der Waals surface area contributed by atoms with E-state index in [0.29, 0.717) is 13.0 Å². The second-order valence-corrected chi connectivity index (χ2v) is 5.69. The minimum Gasteiger partial charge on any atom is -0.460 e. The minimum atomic E-state index is -0.454. The van der Waals surface area contributed by atoms with Crippen LogP contribution in [0.3, 0.4) is 0 Å². The van der Waals surface area contributed by atoms with E-state index in [1.807, 2.05) is 27.7 Å². The zero-order valence-electron chi connectivity index (χ0n) is 11.8. The van der Waals surface area contributed by atoms with Crippen LogP contribution in [0.2, 0.25) is 0 Å². The molecule has 18 heavy (non-hydrogen) atoms. The van der Waals surface area contributed by atoms with Crippen LogP contribution in [0.4, 0.5) is 0 Å². The molecule has 0 saturated carbocycles. The lowest BCUT2D eigenvalue weighted by Gasteiger charge is -2.34. The van der Waals surface area contributed by atoms with Gasteiger partial charge < -0.3 is 19.9 Å². The van der Waals surface area contributed by atoms with Gasteiger partial charge in [0.1, 0.15) is 5.60 Å². The van der Waals surface area contributed by atoms with Gasteiger partial charge in [-0.2, -0.15) is 0 Å². The number of ether oxygens (including phenoxy) is 3. The lowest BCUT2D eigenvalue weighted by atomic mass is 10.0. The van der Waals surface area contributed by atoms with E-state index in [1.54, 1.807) is 0 Å². The first kappa shape index (κ1) is 15.4. The fourth-order valence-electron chi connectivity index (χ4n) is 2.05. The molecule has 5 nitrogen and oxygen atoms in total. The van der Waals surface area contributed by atoms with Crippen LogP contribution in [0, 0.1) is 0 Å². The third-order valence-corrected chi connectivity index (χ3v) is 2.60. The van der Waals surface area contributed by atoms with Gasteiger partial charge in [-0.1, -0.05) is 0 Å². The van der Waals surface area contributed by atoms with Crippen molar-refractivity contribution in [1.29, 1.82) is 0 Å². The van der Waals surface area contributed by atoms with Gasteiger partial charge in [-0.25, -0.2) is 0 Å². The summed E-state index contributed by atoms with van der Waals surface area (Å²) in [5, 5.41) is 0. The van der Waals surface area contributed by atoms with Crippen molar-refractivity contribution in [3.8, 4) is 0 Å². The maximum Gasteiger partial charge on any atom is 0.308 e. The van der Waals surface area contributed by atoms with Crippen LogP contribution in [0.5, 0.6) is 0 Å². The molecular formula is C13H25NO4. The topological polar surface area (TPSA) is 70.8 Å². The fourth-order valence-corrected chi connectivity index (χ4v) is 2.05. The highest BCUT2D eigenvalue weighted by Gasteiger charge is 2.30.